The van der Waals surface area contributed by atoms with E-state index in [2.05, 4.69) is 155 Å². The molecule has 0 bridgehead atoms. The van der Waals surface area contributed by atoms with Gasteiger partial charge in [0.15, 0.2) is 0 Å². The van der Waals surface area contributed by atoms with Gasteiger partial charge in [0.1, 0.15) is 0 Å². The first-order valence-electron chi connectivity index (χ1n) is 16.2. The predicted octanol–water partition coefficient (Wildman–Crippen LogP) is 9.61. The Balaban J connectivity index is 1.22. The van der Waals surface area contributed by atoms with E-state index in [1.807, 2.05) is 25.2 Å². The number of dihydropyridines is 2. The van der Waals surface area contributed by atoms with Gasteiger partial charge in [-0.1, -0.05) is 115 Å². The number of nitrogens with one attached hydrogen (secondary N) is 2. The lowest BCUT2D eigenvalue weighted by Gasteiger charge is -2.21. The molecule has 4 nitrogen and oxygen atoms in total. The lowest BCUT2D eigenvalue weighted by molar-refractivity contribution is 0.741. The van der Waals surface area contributed by atoms with Crippen molar-refractivity contribution in [2.75, 3.05) is 6.54 Å². The van der Waals surface area contributed by atoms with Crippen LogP contribution >= 0.6 is 0 Å². The van der Waals surface area contributed by atoms with Crippen LogP contribution in [-0.4, -0.2) is 11.1 Å². The van der Waals surface area contributed by atoms with Crippen molar-refractivity contribution in [3.05, 3.63) is 180 Å². The van der Waals surface area contributed by atoms with Crippen molar-refractivity contribution in [1.82, 2.24) is 15.2 Å². The quantitative estimate of drug-likeness (QED) is 0.165. The topological polar surface area (TPSA) is 55.0 Å². The van der Waals surface area contributed by atoms with Crippen molar-refractivity contribution in [2.45, 2.75) is 13.0 Å². The SMILES string of the molecule is C/C=C\C=C(/N)c1ccc(-c2ccc3c(ccc4c5ccc(C6C=CC(C7=CNCC=C7)=CN6)cc5n(-c5ccccc5)c34)c2)cc1. The molecule has 0 spiro atoms. The molecule has 0 fully saturated rings. The lowest BCUT2D eigenvalue weighted by Crippen LogP contribution is -2.18. The summed E-state index contributed by atoms with van der Waals surface area (Å²) in [4.78, 5) is 0. The maximum absolute atomic E-state index is 6.27. The minimum Gasteiger partial charge on any atom is -0.398 e. The monoisotopic (exact) mass is 608 g/mol. The fourth-order valence-electron chi connectivity index (χ4n) is 6.74. The first kappa shape index (κ1) is 28.5. The molecular weight excluding hydrogens is 573 g/mol. The molecule has 5 aromatic carbocycles. The number of rotatable bonds is 6. The van der Waals surface area contributed by atoms with Crippen LogP contribution in [0.5, 0.6) is 0 Å². The van der Waals surface area contributed by atoms with Crippen LogP contribution < -0.4 is 16.4 Å². The number of hydrogen-bond donors (Lipinski definition) is 3. The number of nitrogens with zero attached hydrogens (tertiary/aromatic N) is 1. The van der Waals surface area contributed by atoms with E-state index in [-0.39, 0.29) is 6.04 Å². The van der Waals surface area contributed by atoms with Gasteiger partial charge in [0.2, 0.25) is 0 Å². The van der Waals surface area contributed by atoms with E-state index in [9.17, 15) is 0 Å². The van der Waals surface area contributed by atoms with Crippen LogP contribution in [0.3, 0.4) is 0 Å². The van der Waals surface area contributed by atoms with Gasteiger partial charge in [-0.2, -0.15) is 0 Å². The van der Waals surface area contributed by atoms with Gasteiger partial charge in [0.25, 0.3) is 0 Å². The van der Waals surface area contributed by atoms with Gasteiger partial charge in [0.05, 0.1) is 17.1 Å². The van der Waals surface area contributed by atoms with Crippen molar-refractivity contribution in [1.29, 1.82) is 0 Å². The number of hydrogen-bond acceptors (Lipinski definition) is 3. The van der Waals surface area contributed by atoms with E-state index >= 15 is 0 Å². The number of allylic oxidation sites excluding steroid dienone is 7. The molecule has 0 saturated heterocycles. The summed E-state index contributed by atoms with van der Waals surface area (Å²) in [5, 5.41) is 11.9. The van der Waals surface area contributed by atoms with Crippen molar-refractivity contribution in [3.8, 4) is 16.8 Å². The maximum atomic E-state index is 6.27. The highest BCUT2D eigenvalue weighted by Gasteiger charge is 2.19. The smallest absolute Gasteiger partial charge is 0.0696 e. The zero-order chi connectivity index (χ0) is 31.7. The van der Waals surface area contributed by atoms with E-state index < -0.39 is 0 Å². The molecule has 4 N–H and O–H groups in total. The lowest BCUT2D eigenvalue weighted by atomic mass is 9.97. The van der Waals surface area contributed by atoms with Crippen LogP contribution in [0.2, 0.25) is 0 Å². The van der Waals surface area contributed by atoms with Crippen LogP contribution in [-0.2, 0) is 0 Å². The minimum atomic E-state index is 0.0890. The van der Waals surface area contributed by atoms with E-state index in [0.717, 1.165) is 23.5 Å². The summed E-state index contributed by atoms with van der Waals surface area (Å²) in [6.45, 7) is 2.87. The fourth-order valence-corrected chi connectivity index (χ4v) is 6.74. The molecule has 0 aliphatic carbocycles. The summed E-state index contributed by atoms with van der Waals surface area (Å²) < 4.78 is 2.43. The first-order valence-corrected chi connectivity index (χ1v) is 16.2. The minimum absolute atomic E-state index is 0.0890. The zero-order valence-electron chi connectivity index (χ0n) is 26.3. The number of fused-ring (bicyclic) bond motifs is 5. The number of para-hydroxylation sites is 1. The zero-order valence-corrected chi connectivity index (χ0v) is 26.3. The van der Waals surface area contributed by atoms with Gasteiger partial charge < -0.3 is 20.9 Å². The van der Waals surface area contributed by atoms with Crippen LogP contribution in [0, 0.1) is 0 Å². The summed E-state index contributed by atoms with van der Waals surface area (Å²) in [5.41, 5.74) is 17.6. The molecule has 1 unspecified atom stereocenters. The first-order chi connectivity index (χ1) is 23.2. The highest BCUT2D eigenvalue weighted by atomic mass is 15.0. The molecule has 6 aromatic rings. The third kappa shape index (κ3) is 5.24. The molecule has 228 valence electrons. The predicted molar refractivity (Wildman–Crippen MR) is 199 cm³/mol. The Labute approximate surface area is 275 Å². The standard InChI is InChI=1S/C43H36N4/c1-2-3-11-40(44)30-14-12-29(13-15-30)31-16-20-37-32(25-31)17-22-39-38-21-18-33(26-42(38)47(43(37)39)36-9-5-4-6-10-36)41-23-19-35(28-46-41)34-8-7-24-45-27-34/h2-23,25-28,41,45-46H,24,44H2,1H3/b3-2-,40-11-. The average molecular weight is 609 g/mol. The third-order valence-corrected chi connectivity index (χ3v) is 9.17. The molecule has 47 heavy (non-hydrogen) atoms. The van der Waals surface area contributed by atoms with Gasteiger partial charge >= 0.3 is 0 Å². The summed E-state index contributed by atoms with van der Waals surface area (Å²) in [6.07, 6.45) is 18.9. The molecule has 0 amide bonds. The van der Waals surface area contributed by atoms with Crippen LogP contribution in [0.15, 0.2) is 169 Å². The average Bonchev–Trinajstić information content (AvgIpc) is 3.48. The van der Waals surface area contributed by atoms with Crippen molar-refractivity contribution < 1.29 is 0 Å². The van der Waals surface area contributed by atoms with Crippen molar-refractivity contribution >= 4 is 38.3 Å². The van der Waals surface area contributed by atoms with Crippen LogP contribution in [0.4, 0.5) is 0 Å². The molecule has 2 aliphatic heterocycles. The summed E-state index contributed by atoms with van der Waals surface area (Å²) in [7, 11) is 0. The fraction of sp³-hybridized carbons (Fsp3) is 0.0698. The molecule has 8 rings (SSSR count). The van der Waals surface area contributed by atoms with Gasteiger partial charge in [0, 0.05) is 46.5 Å². The van der Waals surface area contributed by atoms with Crippen LogP contribution in [0.1, 0.15) is 24.1 Å². The second-order valence-corrected chi connectivity index (χ2v) is 12.1. The highest BCUT2D eigenvalue weighted by molar-refractivity contribution is 6.19. The second kappa shape index (κ2) is 12.1. The Morgan fingerprint density at radius 2 is 1.57 bits per heavy atom. The van der Waals surface area contributed by atoms with Crippen LogP contribution in [0.25, 0.3) is 55.1 Å². The van der Waals surface area contributed by atoms with E-state index in [4.69, 9.17) is 5.73 Å². The Kier molecular flexibility index (Phi) is 7.31. The third-order valence-electron chi connectivity index (χ3n) is 9.17. The summed E-state index contributed by atoms with van der Waals surface area (Å²) in [6, 6.07) is 37.6. The molecule has 1 aromatic heterocycles. The number of nitrogens with two attached hydrogens (primary N) is 1. The maximum Gasteiger partial charge on any atom is 0.0696 e. The molecule has 0 saturated carbocycles. The van der Waals surface area contributed by atoms with E-state index in [1.165, 1.54) is 60.4 Å². The largest absolute Gasteiger partial charge is 0.398 e. The van der Waals surface area contributed by atoms with Gasteiger partial charge in [-0.15, -0.1) is 0 Å². The molecule has 2 aliphatic rings. The van der Waals surface area contributed by atoms with Crippen molar-refractivity contribution in [2.24, 2.45) is 5.73 Å². The van der Waals surface area contributed by atoms with Gasteiger partial charge in [-0.05, 0) is 76.1 Å². The Morgan fingerprint density at radius 1 is 0.787 bits per heavy atom. The number of benzene rings is 5. The normalized spacial score (nSPS) is 16.4. The summed E-state index contributed by atoms with van der Waals surface area (Å²) >= 11 is 0. The highest BCUT2D eigenvalue weighted by Crippen LogP contribution is 2.39. The van der Waals surface area contributed by atoms with E-state index in [1.54, 1.807) is 0 Å². The molecule has 0 radical (unpaired) electrons. The Hall–Kier alpha value is -6.00. The van der Waals surface area contributed by atoms with Crippen molar-refractivity contribution in [3.63, 3.8) is 0 Å². The second-order valence-electron chi connectivity index (χ2n) is 12.1. The number of aromatic nitrogens is 1. The molecule has 3 heterocycles. The Bertz CT molecular complexity index is 2330. The van der Waals surface area contributed by atoms with Gasteiger partial charge in [-0.3, -0.25) is 0 Å². The molecular formula is C43H36N4. The van der Waals surface area contributed by atoms with E-state index in [0.29, 0.717) is 0 Å². The summed E-state index contributed by atoms with van der Waals surface area (Å²) in [5.74, 6) is 0. The molecule has 1 atom stereocenters. The van der Waals surface area contributed by atoms with Gasteiger partial charge in [-0.25, -0.2) is 0 Å². The Morgan fingerprint density at radius 3 is 2.34 bits per heavy atom. The molecule has 4 heteroatoms.